The molecule has 0 amide bonds. The number of hydrogen-bond donors (Lipinski definition) is 2. The van der Waals surface area contributed by atoms with E-state index in [1.165, 1.54) is 12.1 Å². The Morgan fingerprint density at radius 3 is 2.67 bits per heavy atom. The Morgan fingerprint density at radius 1 is 1.40 bits per heavy atom. The lowest BCUT2D eigenvalue weighted by molar-refractivity contribution is 0.302. The van der Waals surface area contributed by atoms with Gasteiger partial charge >= 0.3 is 7.12 Å². The van der Waals surface area contributed by atoms with Gasteiger partial charge in [0.05, 0.1) is 6.61 Å². The number of ether oxygens (including phenoxy) is 1. The Kier molecular flexibility index (Phi) is 4.88. The predicted molar refractivity (Wildman–Crippen MR) is 57.1 cm³/mol. The van der Waals surface area contributed by atoms with E-state index in [4.69, 9.17) is 26.4 Å². The molecule has 0 aliphatic rings. The maximum atomic E-state index is 13.3. The fourth-order valence-corrected chi connectivity index (χ4v) is 1.14. The van der Waals surface area contributed by atoms with Crippen LogP contribution in [0.5, 0.6) is 5.75 Å². The molecule has 1 rings (SSSR count). The van der Waals surface area contributed by atoms with E-state index < -0.39 is 12.9 Å². The number of alkyl halides is 1. The van der Waals surface area contributed by atoms with Gasteiger partial charge in [0, 0.05) is 5.88 Å². The van der Waals surface area contributed by atoms with Crippen molar-refractivity contribution >= 4 is 24.2 Å². The third kappa shape index (κ3) is 3.70. The molecule has 0 atom stereocenters. The average molecular weight is 232 g/mol. The standard InChI is InChI=1S/C9H11BClFO3/c11-4-1-5-15-9-3-2-7(10(13)14)6-8(9)12/h2-3,6,13-14H,1,4-5H2. The van der Waals surface area contributed by atoms with Crippen LogP contribution in [0.4, 0.5) is 4.39 Å². The van der Waals surface area contributed by atoms with E-state index in [-0.39, 0.29) is 11.2 Å². The number of hydrogen-bond acceptors (Lipinski definition) is 3. The molecule has 15 heavy (non-hydrogen) atoms. The third-order valence-corrected chi connectivity index (χ3v) is 2.06. The van der Waals surface area contributed by atoms with E-state index >= 15 is 0 Å². The molecule has 0 aliphatic heterocycles. The van der Waals surface area contributed by atoms with Gasteiger partial charge in [0.25, 0.3) is 0 Å². The monoisotopic (exact) mass is 232 g/mol. The first-order valence-corrected chi connectivity index (χ1v) is 5.03. The Morgan fingerprint density at radius 2 is 2.13 bits per heavy atom. The summed E-state index contributed by atoms with van der Waals surface area (Å²) >= 11 is 5.43. The molecule has 0 heterocycles. The van der Waals surface area contributed by atoms with E-state index in [9.17, 15) is 4.39 Å². The molecule has 6 heteroatoms. The van der Waals surface area contributed by atoms with Crippen LogP contribution in [0.2, 0.25) is 0 Å². The SMILES string of the molecule is OB(O)c1ccc(OCCCCl)c(F)c1. The summed E-state index contributed by atoms with van der Waals surface area (Å²) in [6.07, 6.45) is 0.630. The Bertz CT molecular complexity index is 322. The van der Waals surface area contributed by atoms with Crippen molar-refractivity contribution < 1.29 is 19.2 Å². The van der Waals surface area contributed by atoms with Crippen LogP contribution in [-0.4, -0.2) is 29.7 Å². The van der Waals surface area contributed by atoms with Crippen LogP contribution in [0.25, 0.3) is 0 Å². The van der Waals surface area contributed by atoms with E-state index in [0.717, 1.165) is 6.07 Å². The van der Waals surface area contributed by atoms with Crippen LogP contribution in [-0.2, 0) is 0 Å². The van der Waals surface area contributed by atoms with E-state index in [0.29, 0.717) is 18.9 Å². The highest BCUT2D eigenvalue weighted by Crippen LogP contribution is 2.14. The second kappa shape index (κ2) is 5.95. The van der Waals surface area contributed by atoms with E-state index in [2.05, 4.69) is 0 Å². The van der Waals surface area contributed by atoms with Gasteiger partial charge in [-0.1, -0.05) is 6.07 Å². The number of rotatable bonds is 5. The van der Waals surface area contributed by atoms with Crippen molar-refractivity contribution in [1.29, 1.82) is 0 Å². The van der Waals surface area contributed by atoms with Gasteiger partial charge in [-0.15, -0.1) is 11.6 Å². The van der Waals surface area contributed by atoms with Crippen molar-refractivity contribution in [3.8, 4) is 5.75 Å². The van der Waals surface area contributed by atoms with Gasteiger partial charge in [0.2, 0.25) is 0 Å². The molecular weight excluding hydrogens is 221 g/mol. The lowest BCUT2D eigenvalue weighted by atomic mass is 9.80. The number of benzene rings is 1. The Labute approximate surface area is 92.6 Å². The molecule has 2 N–H and O–H groups in total. The summed E-state index contributed by atoms with van der Waals surface area (Å²) in [6.45, 7) is 0.335. The summed E-state index contributed by atoms with van der Waals surface area (Å²) in [4.78, 5) is 0. The van der Waals surface area contributed by atoms with Gasteiger partial charge in [0.1, 0.15) is 0 Å². The third-order valence-electron chi connectivity index (χ3n) is 1.79. The van der Waals surface area contributed by atoms with E-state index in [1.807, 2.05) is 0 Å². The normalized spacial score (nSPS) is 10.1. The zero-order valence-corrected chi connectivity index (χ0v) is 8.75. The average Bonchev–Trinajstić information content (AvgIpc) is 2.20. The van der Waals surface area contributed by atoms with Gasteiger partial charge in [-0.3, -0.25) is 0 Å². The van der Waals surface area contributed by atoms with Gasteiger partial charge in [-0.25, -0.2) is 4.39 Å². The van der Waals surface area contributed by atoms with Crippen LogP contribution < -0.4 is 10.2 Å². The molecular formula is C9H11BClFO3. The highest BCUT2D eigenvalue weighted by molar-refractivity contribution is 6.58. The molecule has 0 unspecified atom stereocenters. The maximum Gasteiger partial charge on any atom is 0.488 e. The minimum atomic E-state index is -1.67. The molecule has 1 aromatic rings. The lowest BCUT2D eigenvalue weighted by Crippen LogP contribution is -2.30. The quantitative estimate of drug-likeness (QED) is 0.442. The molecule has 0 aromatic heterocycles. The van der Waals surface area contributed by atoms with Crippen molar-refractivity contribution in [3.05, 3.63) is 24.0 Å². The minimum Gasteiger partial charge on any atom is -0.490 e. The first kappa shape index (κ1) is 12.3. The highest BCUT2D eigenvalue weighted by atomic mass is 35.5. The topological polar surface area (TPSA) is 49.7 Å². The van der Waals surface area contributed by atoms with Crippen molar-refractivity contribution in [2.45, 2.75) is 6.42 Å². The van der Waals surface area contributed by atoms with Gasteiger partial charge < -0.3 is 14.8 Å². The summed E-state index contributed by atoms with van der Waals surface area (Å²) in [5.41, 5.74) is 0.0946. The van der Waals surface area contributed by atoms with Crippen LogP contribution in [0.15, 0.2) is 18.2 Å². The molecule has 0 aliphatic carbocycles. The molecule has 3 nitrogen and oxygen atoms in total. The maximum absolute atomic E-state index is 13.3. The Balaban J connectivity index is 2.66. The van der Waals surface area contributed by atoms with Crippen molar-refractivity contribution in [2.24, 2.45) is 0 Å². The van der Waals surface area contributed by atoms with Crippen molar-refractivity contribution in [1.82, 2.24) is 0 Å². The molecule has 0 radical (unpaired) electrons. The first-order chi connectivity index (χ1) is 7.15. The second-order valence-electron chi connectivity index (χ2n) is 2.95. The molecule has 0 spiro atoms. The first-order valence-electron chi connectivity index (χ1n) is 4.49. The van der Waals surface area contributed by atoms with Gasteiger partial charge in [-0.05, 0) is 24.0 Å². The van der Waals surface area contributed by atoms with Crippen molar-refractivity contribution in [3.63, 3.8) is 0 Å². The summed E-state index contributed by atoms with van der Waals surface area (Å²) in [7, 11) is -1.67. The molecule has 82 valence electrons. The largest absolute Gasteiger partial charge is 0.490 e. The lowest BCUT2D eigenvalue weighted by Gasteiger charge is -2.07. The summed E-state index contributed by atoms with van der Waals surface area (Å²) in [6, 6.07) is 3.78. The highest BCUT2D eigenvalue weighted by Gasteiger charge is 2.13. The van der Waals surface area contributed by atoms with Gasteiger partial charge in [0.15, 0.2) is 11.6 Å². The molecule has 0 fully saturated rings. The number of halogens is 2. The van der Waals surface area contributed by atoms with Crippen LogP contribution in [0, 0.1) is 5.82 Å². The summed E-state index contributed by atoms with van der Waals surface area (Å²) in [5.74, 6) is -0.0746. The van der Waals surface area contributed by atoms with Crippen molar-refractivity contribution in [2.75, 3.05) is 12.5 Å². The fraction of sp³-hybridized carbons (Fsp3) is 0.333. The summed E-state index contributed by atoms with van der Waals surface area (Å²) < 4.78 is 18.3. The fourth-order valence-electron chi connectivity index (χ4n) is 1.03. The molecule has 0 saturated heterocycles. The predicted octanol–water partition coefficient (Wildman–Crippen LogP) is 0.513. The second-order valence-corrected chi connectivity index (χ2v) is 3.33. The zero-order valence-electron chi connectivity index (χ0n) is 7.99. The molecule has 0 saturated carbocycles. The summed E-state index contributed by atoms with van der Waals surface area (Å²) in [5, 5.41) is 17.6. The van der Waals surface area contributed by atoms with Gasteiger partial charge in [-0.2, -0.15) is 0 Å². The smallest absolute Gasteiger partial charge is 0.488 e. The molecule has 1 aromatic carbocycles. The van der Waals surface area contributed by atoms with E-state index in [1.54, 1.807) is 0 Å². The minimum absolute atomic E-state index is 0.0875. The van der Waals surface area contributed by atoms with Crippen LogP contribution >= 0.6 is 11.6 Å². The van der Waals surface area contributed by atoms with Crippen LogP contribution in [0.3, 0.4) is 0 Å². The Hall–Kier alpha value is -0.775. The zero-order chi connectivity index (χ0) is 11.3. The molecule has 0 bridgehead atoms. The van der Waals surface area contributed by atoms with Crippen LogP contribution in [0.1, 0.15) is 6.42 Å².